The van der Waals surface area contributed by atoms with Crippen LogP contribution in [-0.4, -0.2) is 13.0 Å². The number of ether oxygens (including phenoxy) is 1. The molecule has 0 atom stereocenters. The van der Waals surface area contributed by atoms with Gasteiger partial charge in [0.15, 0.2) is 0 Å². The first-order chi connectivity index (χ1) is 9.92. The number of hydrogen-bond acceptors (Lipinski definition) is 2. The Bertz CT molecular complexity index is 695. The minimum absolute atomic E-state index is 0.156. The second-order valence-corrected chi connectivity index (χ2v) is 5.48. The van der Waals surface area contributed by atoms with Crippen molar-refractivity contribution in [1.29, 1.82) is 0 Å². The highest BCUT2D eigenvalue weighted by atomic mass is 35.5. The molecule has 2 aromatic rings. The van der Waals surface area contributed by atoms with E-state index in [1.807, 2.05) is 45.0 Å². The molecule has 1 amide bonds. The van der Waals surface area contributed by atoms with E-state index in [0.717, 1.165) is 16.7 Å². The molecule has 0 radical (unpaired) electrons. The van der Waals surface area contributed by atoms with Crippen LogP contribution in [0.4, 0.5) is 5.69 Å². The number of halogens is 1. The van der Waals surface area contributed by atoms with Crippen LogP contribution in [0.25, 0.3) is 0 Å². The monoisotopic (exact) mass is 303 g/mol. The van der Waals surface area contributed by atoms with Crippen molar-refractivity contribution >= 4 is 23.2 Å². The van der Waals surface area contributed by atoms with Gasteiger partial charge in [0.2, 0.25) is 0 Å². The second kappa shape index (κ2) is 6.19. The van der Waals surface area contributed by atoms with Crippen LogP contribution in [0.3, 0.4) is 0 Å². The van der Waals surface area contributed by atoms with Crippen LogP contribution in [0.15, 0.2) is 30.3 Å². The molecule has 3 nitrogen and oxygen atoms in total. The van der Waals surface area contributed by atoms with Gasteiger partial charge in [0.1, 0.15) is 5.75 Å². The molecule has 0 unspecified atom stereocenters. The maximum absolute atomic E-state index is 12.5. The van der Waals surface area contributed by atoms with E-state index >= 15 is 0 Å². The fourth-order valence-corrected chi connectivity index (χ4v) is 2.25. The number of anilines is 1. The van der Waals surface area contributed by atoms with Gasteiger partial charge in [0.25, 0.3) is 5.91 Å². The highest BCUT2D eigenvalue weighted by Crippen LogP contribution is 2.31. The zero-order chi connectivity index (χ0) is 15.6. The fourth-order valence-electron chi connectivity index (χ4n) is 2.10. The van der Waals surface area contributed by atoms with Crippen molar-refractivity contribution in [3.63, 3.8) is 0 Å². The van der Waals surface area contributed by atoms with Crippen LogP contribution in [0, 0.1) is 20.8 Å². The number of carbonyl (C=O) groups is 1. The first-order valence-corrected chi connectivity index (χ1v) is 7.03. The predicted octanol–water partition coefficient (Wildman–Crippen LogP) is 4.53. The van der Waals surface area contributed by atoms with E-state index in [-0.39, 0.29) is 5.91 Å². The van der Waals surface area contributed by atoms with Crippen molar-refractivity contribution in [1.82, 2.24) is 0 Å². The quantitative estimate of drug-likeness (QED) is 0.905. The molecule has 0 saturated carbocycles. The van der Waals surface area contributed by atoms with Crippen LogP contribution in [0.5, 0.6) is 5.75 Å². The Morgan fingerprint density at radius 1 is 1.10 bits per heavy atom. The van der Waals surface area contributed by atoms with Crippen molar-refractivity contribution < 1.29 is 9.53 Å². The molecule has 0 spiro atoms. The van der Waals surface area contributed by atoms with E-state index in [9.17, 15) is 4.79 Å². The number of carbonyl (C=O) groups excluding carboxylic acids is 1. The number of methoxy groups -OCH3 is 1. The first kappa shape index (κ1) is 15.4. The molecule has 1 N–H and O–H groups in total. The topological polar surface area (TPSA) is 38.3 Å². The molecule has 0 saturated heterocycles. The zero-order valence-corrected chi connectivity index (χ0v) is 13.3. The number of hydrogen-bond donors (Lipinski definition) is 1. The second-order valence-electron chi connectivity index (χ2n) is 5.07. The minimum Gasteiger partial charge on any atom is -0.495 e. The van der Waals surface area contributed by atoms with Gasteiger partial charge in [0, 0.05) is 16.7 Å². The van der Waals surface area contributed by atoms with Crippen molar-refractivity contribution in [2.24, 2.45) is 0 Å². The lowest BCUT2D eigenvalue weighted by Gasteiger charge is -2.13. The third-order valence-corrected chi connectivity index (χ3v) is 3.77. The lowest BCUT2D eigenvalue weighted by atomic mass is 10.0. The molecule has 0 aliphatic heterocycles. The smallest absolute Gasteiger partial charge is 0.256 e. The highest BCUT2D eigenvalue weighted by Gasteiger charge is 2.13. The third-order valence-electron chi connectivity index (χ3n) is 3.37. The summed E-state index contributed by atoms with van der Waals surface area (Å²) >= 11 is 6.07. The molecule has 4 heteroatoms. The standard InChI is InChI=1S/C17H18ClNO2/c1-10-5-6-11(2)13(7-10)17(20)19-15-8-12(3)14(18)9-16(15)21-4/h5-9H,1-4H3,(H,19,20). The van der Waals surface area contributed by atoms with Crippen LogP contribution in [-0.2, 0) is 0 Å². The summed E-state index contributed by atoms with van der Waals surface area (Å²) in [5.41, 5.74) is 4.14. The molecule has 0 aliphatic carbocycles. The summed E-state index contributed by atoms with van der Waals surface area (Å²) in [7, 11) is 1.55. The van der Waals surface area contributed by atoms with Crippen molar-refractivity contribution in [3.8, 4) is 5.75 Å². The van der Waals surface area contributed by atoms with E-state index in [4.69, 9.17) is 16.3 Å². The predicted molar refractivity (Wildman–Crippen MR) is 86.6 cm³/mol. The summed E-state index contributed by atoms with van der Waals surface area (Å²) < 4.78 is 5.27. The van der Waals surface area contributed by atoms with E-state index in [2.05, 4.69) is 5.32 Å². The maximum atomic E-state index is 12.5. The summed E-state index contributed by atoms with van der Waals surface area (Å²) in [6.07, 6.45) is 0. The largest absolute Gasteiger partial charge is 0.495 e. The Morgan fingerprint density at radius 3 is 2.48 bits per heavy atom. The van der Waals surface area contributed by atoms with E-state index in [1.165, 1.54) is 0 Å². The van der Waals surface area contributed by atoms with E-state index in [1.54, 1.807) is 13.2 Å². The molecule has 0 fully saturated rings. The molecule has 0 heterocycles. The number of rotatable bonds is 3. The van der Waals surface area contributed by atoms with E-state index in [0.29, 0.717) is 22.0 Å². The van der Waals surface area contributed by atoms with Gasteiger partial charge in [-0.05, 0) is 44.0 Å². The summed E-state index contributed by atoms with van der Waals surface area (Å²) in [4.78, 5) is 12.5. The Kier molecular flexibility index (Phi) is 4.53. The summed E-state index contributed by atoms with van der Waals surface area (Å²) in [6, 6.07) is 9.31. The van der Waals surface area contributed by atoms with Gasteiger partial charge in [-0.1, -0.05) is 29.3 Å². The summed E-state index contributed by atoms with van der Waals surface area (Å²) in [5.74, 6) is 0.389. The van der Waals surface area contributed by atoms with Crippen molar-refractivity contribution in [3.05, 3.63) is 57.6 Å². The average Bonchev–Trinajstić information content (AvgIpc) is 2.45. The molecular formula is C17H18ClNO2. The van der Waals surface area contributed by atoms with Crippen LogP contribution in [0.1, 0.15) is 27.0 Å². The third kappa shape index (κ3) is 3.37. The van der Waals surface area contributed by atoms with Gasteiger partial charge < -0.3 is 10.1 Å². The molecule has 0 aromatic heterocycles. The molecular weight excluding hydrogens is 286 g/mol. The highest BCUT2D eigenvalue weighted by molar-refractivity contribution is 6.31. The van der Waals surface area contributed by atoms with Gasteiger partial charge in [-0.25, -0.2) is 0 Å². The summed E-state index contributed by atoms with van der Waals surface area (Å²) in [6.45, 7) is 5.76. The van der Waals surface area contributed by atoms with Gasteiger partial charge in [-0.2, -0.15) is 0 Å². The SMILES string of the molecule is COc1cc(Cl)c(C)cc1NC(=O)c1cc(C)ccc1C. The van der Waals surface area contributed by atoms with Crippen LogP contribution in [0.2, 0.25) is 5.02 Å². The number of benzene rings is 2. The molecule has 2 rings (SSSR count). The molecule has 0 aliphatic rings. The van der Waals surface area contributed by atoms with Gasteiger partial charge >= 0.3 is 0 Å². The lowest BCUT2D eigenvalue weighted by molar-refractivity contribution is 0.102. The number of amides is 1. The lowest BCUT2D eigenvalue weighted by Crippen LogP contribution is -2.14. The van der Waals surface area contributed by atoms with Gasteiger partial charge in [-0.3, -0.25) is 4.79 Å². The number of nitrogens with one attached hydrogen (secondary N) is 1. The average molecular weight is 304 g/mol. The zero-order valence-electron chi connectivity index (χ0n) is 12.6. The van der Waals surface area contributed by atoms with Crippen LogP contribution < -0.4 is 10.1 Å². The Labute approximate surface area is 129 Å². The Balaban J connectivity index is 2.35. The Morgan fingerprint density at radius 2 is 1.81 bits per heavy atom. The molecule has 110 valence electrons. The maximum Gasteiger partial charge on any atom is 0.256 e. The van der Waals surface area contributed by atoms with Gasteiger partial charge in [-0.15, -0.1) is 0 Å². The summed E-state index contributed by atoms with van der Waals surface area (Å²) in [5, 5.41) is 3.50. The van der Waals surface area contributed by atoms with Crippen LogP contribution >= 0.6 is 11.6 Å². The van der Waals surface area contributed by atoms with Crippen molar-refractivity contribution in [2.75, 3.05) is 12.4 Å². The molecule has 0 bridgehead atoms. The number of aryl methyl sites for hydroxylation is 3. The first-order valence-electron chi connectivity index (χ1n) is 6.65. The Hall–Kier alpha value is -2.00. The fraction of sp³-hybridized carbons (Fsp3) is 0.235. The minimum atomic E-state index is -0.156. The van der Waals surface area contributed by atoms with Crippen molar-refractivity contribution in [2.45, 2.75) is 20.8 Å². The molecule has 2 aromatic carbocycles. The molecule has 21 heavy (non-hydrogen) atoms. The van der Waals surface area contributed by atoms with Gasteiger partial charge in [0.05, 0.1) is 12.8 Å². The van der Waals surface area contributed by atoms with E-state index < -0.39 is 0 Å². The normalized spacial score (nSPS) is 10.3.